The molecule has 0 fully saturated rings. The number of aliphatic hydroxyl groups is 1. The van der Waals surface area contributed by atoms with Crippen LogP contribution in [0.5, 0.6) is 0 Å². The van der Waals surface area contributed by atoms with Gasteiger partial charge in [0, 0.05) is 18.8 Å². The van der Waals surface area contributed by atoms with Gasteiger partial charge in [-0.05, 0) is 6.92 Å². The van der Waals surface area contributed by atoms with Gasteiger partial charge in [-0.1, -0.05) is 0 Å². The monoisotopic (exact) mass is 184 g/mol. The highest BCUT2D eigenvalue weighted by Crippen LogP contribution is 1.77. The summed E-state index contributed by atoms with van der Waals surface area (Å²) in [4.78, 5) is 22.6. The minimum atomic E-state index is -0.372. The van der Waals surface area contributed by atoms with Crippen molar-refractivity contribution in [2.75, 3.05) is 6.61 Å². The molecule has 0 aromatic carbocycles. The Bertz CT molecular complexity index is 391. The first-order valence-corrected chi connectivity index (χ1v) is 4.12. The van der Waals surface area contributed by atoms with Crippen molar-refractivity contribution in [1.29, 1.82) is 0 Å². The maximum Gasteiger partial charge on any atom is 0.331 e. The van der Waals surface area contributed by atoms with E-state index in [2.05, 4.69) is 0 Å². The quantitative estimate of drug-likeness (QED) is 0.656. The van der Waals surface area contributed by atoms with Crippen molar-refractivity contribution in [2.45, 2.75) is 20.0 Å². The zero-order chi connectivity index (χ0) is 9.84. The molecule has 0 amide bonds. The average molecular weight is 184 g/mol. The van der Waals surface area contributed by atoms with Crippen molar-refractivity contribution < 1.29 is 5.11 Å². The predicted molar refractivity (Wildman–Crippen MR) is 47.7 cm³/mol. The maximum absolute atomic E-state index is 11.4. The van der Waals surface area contributed by atoms with E-state index >= 15 is 0 Å². The van der Waals surface area contributed by atoms with Crippen LogP contribution < -0.4 is 11.2 Å². The summed E-state index contributed by atoms with van der Waals surface area (Å²) in [6.45, 7) is 2.18. The summed E-state index contributed by atoms with van der Waals surface area (Å²) < 4.78 is 2.43. The van der Waals surface area contributed by atoms with Crippen LogP contribution in [0.25, 0.3) is 0 Å². The number of aryl methyl sites for hydroxylation is 1. The van der Waals surface area contributed by atoms with Crippen molar-refractivity contribution in [3.63, 3.8) is 0 Å². The van der Waals surface area contributed by atoms with E-state index in [-0.39, 0.29) is 24.4 Å². The Balaban J connectivity index is 3.31. The zero-order valence-electron chi connectivity index (χ0n) is 7.43. The molecule has 1 aromatic heterocycles. The molecule has 0 atom stereocenters. The summed E-state index contributed by atoms with van der Waals surface area (Å²) >= 11 is 0. The Hall–Kier alpha value is -1.36. The van der Waals surface area contributed by atoms with Crippen molar-refractivity contribution in [2.24, 2.45) is 0 Å². The molecule has 72 valence electrons. The molecule has 1 rings (SSSR count). The number of nitrogens with zero attached hydrogens (tertiary/aromatic N) is 2. The van der Waals surface area contributed by atoms with Crippen molar-refractivity contribution in [1.82, 2.24) is 9.13 Å². The molecule has 0 aliphatic heterocycles. The van der Waals surface area contributed by atoms with E-state index in [1.54, 1.807) is 0 Å². The highest BCUT2D eigenvalue weighted by molar-refractivity contribution is 4.85. The number of hydrogen-bond acceptors (Lipinski definition) is 3. The molecule has 5 heteroatoms. The molecule has 0 unspecified atom stereocenters. The lowest BCUT2D eigenvalue weighted by molar-refractivity contribution is 0.270. The van der Waals surface area contributed by atoms with E-state index in [4.69, 9.17) is 5.11 Å². The number of rotatable bonds is 3. The Morgan fingerprint density at radius 2 is 2.15 bits per heavy atom. The number of hydrogen-bond donors (Lipinski definition) is 1. The van der Waals surface area contributed by atoms with E-state index in [0.717, 1.165) is 4.57 Å². The van der Waals surface area contributed by atoms with E-state index in [1.165, 1.54) is 16.8 Å². The second-order valence-electron chi connectivity index (χ2n) is 2.60. The van der Waals surface area contributed by atoms with Crippen LogP contribution in [-0.2, 0) is 13.1 Å². The standard InChI is InChI=1S/C8H12N2O3/c1-2-9-4-3-7(12)10(5-6-11)8(9)13/h3-4,11H,2,5-6H2,1H3. The molecule has 0 aliphatic carbocycles. The van der Waals surface area contributed by atoms with Crippen molar-refractivity contribution in [3.8, 4) is 0 Å². The van der Waals surface area contributed by atoms with Crippen LogP contribution in [0.15, 0.2) is 21.9 Å². The van der Waals surface area contributed by atoms with Gasteiger partial charge >= 0.3 is 5.69 Å². The lowest BCUT2D eigenvalue weighted by atomic mass is 10.5. The fourth-order valence-corrected chi connectivity index (χ4v) is 1.10. The fraction of sp³-hybridized carbons (Fsp3) is 0.500. The minimum Gasteiger partial charge on any atom is -0.395 e. The van der Waals surface area contributed by atoms with Gasteiger partial charge in [-0.15, -0.1) is 0 Å². The molecular formula is C8H12N2O3. The van der Waals surface area contributed by atoms with Crippen LogP contribution in [-0.4, -0.2) is 20.8 Å². The third-order valence-corrected chi connectivity index (χ3v) is 1.80. The van der Waals surface area contributed by atoms with Gasteiger partial charge in [0.15, 0.2) is 0 Å². The second kappa shape index (κ2) is 4.04. The summed E-state index contributed by atoms with van der Waals surface area (Å²) in [6.07, 6.45) is 1.46. The lowest BCUT2D eigenvalue weighted by Crippen LogP contribution is -2.39. The first-order chi connectivity index (χ1) is 6.20. The molecule has 0 spiro atoms. The van der Waals surface area contributed by atoms with Gasteiger partial charge in [0.25, 0.3) is 5.56 Å². The van der Waals surface area contributed by atoms with Gasteiger partial charge in [0.2, 0.25) is 0 Å². The third kappa shape index (κ3) is 1.86. The lowest BCUT2D eigenvalue weighted by Gasteiger charge is -2.05. The SMILES string of the molecule is CCn1ccc(=O)n(CCO)c1=O. The first kappa shape index (κ1) is 9.73. The average Bonchev–Trinajstić information content (AvgIpc) is 2.12. The molecule has 1 N–H and O–H groups in total. The van der Waals surface area contributed by atoms with E-state index in [1.807, 2.05) is 6.92 Å². The maximum atomic E-state index is 11.4. The topological polar surface area (TPSA) is 64.2 Å². The third-order valence-electron chi connectivity index (χ3n) is 1.80. The molecule has 0 saturated heterocycles. The Morgan fingerprint density at radius 3 is 2.69 bits per heavy atom. The molecule has 0 aliphatic rings. The van der Waals surface area contributed by atoms with Crippen LogP contribution in [0.2, 0.25) is 0 Å². The summed E-state index contributed by atoms with van der Waals surface area (Å²) in [6, 6.07) is 1.32. The fourth-order valence-electron chi connectivity index (χ4n) is 1.10. The molecular weight excluding hydrogens is 172 g/mol. The molecule has 1 heterocycles. The molecule has 1 aromatic rings. The van der Waals surface area contributed by atoms with Gasteiger partial charge in [-0.25, -0.2) is 4.79 Å². The van der Waals surface area contributed by atoms with Gasteiger partial charge in [-0.3, -0.25) is 9.36 Å². The smallest absolute Gasteiger partial charge is 0.331 e. The highest BCUT2D eigenvalue weighted by atomic mass is 16.3. The second-order valence-corrected chi connectivity index (χ2v) is 2.60. The van der Waals surface area contributed by atoms with Gasteiger partial charge in [-0.2, -0.15) is 0 Å². The van der Waals surface area contributed by atoms with Crippen molar-refractivity contribution in [3.05, 3.63) is 33.1 Å². The summed E-state index contributed by atoms with van der Waals surface area (Å²) in [5.41, 5.74) is -0.743. The largest absolute Gasteiger partial charge is 0.395 e. The van der Waals surface area contributed by atoms with E-state index in [0.29, 0.717) is 6.54 Å². The van der Waals surface area contributed by atoms with Crippen LogP contribution >= 0.6 is 0 Å². The summed E-state index contributed by atoms with van der Waals surface area (Å²) in [5, 5.41) is 8.62. The molecule has 5 nitrogen and oxygen atoms in total. The van der Waals surface area contributed by atoms with Gasteiger partial charge in [0.1, 0.15) is 0 Å². The Kier molecular flexibility index (Phi) is 3.02. The summed E-state index contributed by atoms with van der Waals surface area (Å²) in [5.74, 6) is 0. The molecule has 0 saturated carbocycles. The first-order valence-electron chi connectivity index (χ1n) is 4.12. The number of aromatic nitrogens is 2. The Labute approximate surface area is 74.9 Å². The normalized spacial score (nSPS) is 10.3. The highest BCUT2D eigenvalue weighted by Gasteiger charge is 2.01. The zero-order valence-corrected chi connectivity index (χ0v) is 7.43. The van der Waals surface area contributed by atoms with E-state index < -0.39 is 0 Å². The van der Waals surface area contributed by atoms with E-state index in [9.17, 15) is 9.59 Å². The summed E-state index contributed by atoms with van der Waals surface area (Å²) in [7, 11) is 0. The van der Waals surface area contributed by atoms with Gasteiger partial charge in [0.05, 0.1) is 13.2 Å². The molecule has 0 radical (unpaired) electrons. The van der Waals surface area contributed by atoms with Crippen LogP contribution in [0.1, 0.15) is 6.92 Å². The molecule has 0 bridgehead atoms. The minimum absolute atomic E-state index is 0.0541. The van der Waals surface area contributed by atoms with Crippen molar-refractivity contribution >= 4 is 0 Å². The Morgan fingerprint density at radius 1 is 1.46 bits per heavy atom. The van der Waals surface area contributed by atoms with Crippen LogP contribution in [0.3, 0.4) is 0 Å². The number of aliphatic hydroxyl groups excluding tert-OH is 1. The van der Waals surface area contributed by atoms with Crippen LogP contribution in [0.4, 0.5) is 0 Å². The van der Waals surface area contributed by atoms with Crippen LogP contribution in [0, 0.1) is 0 Å². The molecule has 13 heavy (non-hydrogen) atoms. The van der Waals surface area contributed by atoms with Gasteiger partial charge < -0.3 is 9.67 Å². The predicted octanol–water partition coefficient (Wildman–Crippen LogP) is -0.978.